The molecule has 100 valence electrons. The zero-order chi connectivity index (χ0) is 13.8. The smallest absolute Gasteiger partial charge is 0.142 e. The molecule has 4 heteroatoms. The maximum atomic E-state index is 13.4. The lowest BCUT2D eigenvalue weighted by Gasteiger charge is -2.13. The van der Waals surface area contributed by atoms with Gasteiger partial charge < -0.3 is 10.5 Å². The molecule has 0 spiro atoms. The highest BCUT2D eigenvalue weighted by Crippen LogP contribution is 2.22. The van der Waals surface area contributed by atoms with E-state index in [9.17, 15) is 4.39 Å². The molecule has 0 aliphatic carbocycles. The molecule has 19 heavy (non-hydrogen) atoms. The maximum Gasteiger partial charge on any atom is 0.142 e. The molecule has 0 bridgehead atoms. The van der Waals surface area contributed by atoms with Crippen LogP contribution in [0, 0.1) is 5.82 Å². The van der Waals surface area contributed by atoms with Crippen LogP contribution in [0.3, 0.4) is 0 Å². The van der Waals surface area contributed by atoms with Crippen LogP contribution in [-0.4, -0.2) is 7.11 Å². The quantitative estimate of drug-likeness (QED) is 0.925. The van der Waals surface area contributed by atoms with Crippen molar-refractivity contribution in [1.82, 2.24) is 0 Å². The lowest BCUT2D eigenvalue weighted by molar-refractivity contribution is 0.414. The highest BCUT2D eigenvalue weighted by atomic mass is 35.5. The summed E-state index contributed by atoms with van der Waals surface area (Å²) in [5.41, 5.74) is 7.90. The number of methoxy groups -OCH3 is 1. The monoisotopic (exact) mass is 279 g/mol. The minimum absolute atomic E-state index is 0.124. The number of nitrogens with two attached hydrogens (primary N) is 1. The maximum absolute atomic E-state index is 13.4. The minimum Gasteiger partial charge on any atom is -0.497 e. The molecule has 2 aromatic rings. The van der Waals surface area contributed by atoms with Gasteiger partial charge in [-0.1, -0.05) is 29.8 Å². The molecule has 0 heterocycles. The second-order valence-electron chi connectivity index (χ2n) is 4.34. The highest BCUT2D eigenvalue weighted by molar-refractivity contribution is 6.30. The molecule has 2 nitrogen and oxygen atoms in total. The van der Waals surface area contributed by atoms with Crippen molar-refractivity contribution in [1.29, 1.82) is 0 Å². The van der Waals surface area contributed by atoms with Gasteiger partial charge in [-0.3, -0.25) is 0 Å². The zero-order valence-corrected chi connectivity index (χ0v) is 11.3. The van der Waals surface area contributed by atoms with Gasteiger partial charge in [0.15, 0.2) is 0 Å². The van der Waals surface area contributed by atoms with Crippen LogP contribution >= 0.6 is 11.6 Å². The van der Waals surface area contributed by atoms with E-state index < -0.39 is 5.82 Å². The Morgan fingerprint density at radius 3 is 2.74 bits per heavy atom. The van der Waals surface area contributed by atoms with Gasteiger partial charge in [-0.15, -0.1) is 0 Å². The SMILES string of the molecule is COc1cccc(C(N)Cc2ccc(Cl)c(F)c2)c1. The zero-order valence-electron chi connectivity index (χ0n) is 10.6. The first-order chi connectivity index (χ1) is 9.10. The van der Waals surface area contributed by atoms with Crippen molar-refractivity contribution in [3.63, 3.8) is 0 Å². The van der Waals surface area contributed by atoms with Crippen molar-refractivity contribution >= 4 is 11.6 Å². The number of rotatable bonds is 4. The highest BCUT2D eigenvalue weighted by Gasteiger charge is 2.09. The molecule has 0 saturated carbocycles. The Morgan fingerprint density at radius 2 is 2.05 bits per heavy atom. The van der Waals surface area contributed by atoms with E-state index in [0.717, 1.165) is 16.9 Å². The Bertz CT molecular complexity index is 574. The van der Waals surface area contributed by atoms with E-state index in [1.54, 1.807) is 19.2 Å². The third kappa shape index (κ3) is 3.46. The topological polar surface area (TPSA) is 35.2 Å². The third-order valence-electron chi connectivity index (χ3n) is 2.96. The second kappa shape index (κ2) is 6.04. The second-order valence-corrected chi connectivity index (χ2v) is 4.74. The van der Waals surface area contributed by atoms with Gasteiger partial charge in [0.1, 0.15) is 11.6 Å². The summed E-state index contributed by atoms with van der Waals surface area (Å²) in [6, 6.07) is 12.1. The van der Waals surface area contributed by atoms with Crippen LogP contribution < -0.4 is 10.5 Å². The van der Waals surface area contributed by atoms with Gasteiger partial charge in [-0.2, -0.15) is 0 Å². The average Bonchev–Trinajstić information content (AvgIpc) is 2.43. The van der Waals surface area contributed by atoms with Crippen LogP contribution in [0.15, 0.2) is 42.5 Å². The van der Waals surface area contributed by atoms with Gasteiger partial charge in [-0.25, -0.2) is 4.39 Å². The Labute approximate surface area is 117 Å². The number of hydrogen-bond donors (Lipinski definition) is 1. The summed E-state index contributed by atoms with van der Waals surface area (Å²) in [5, 5.41) is 0.124. The summed E-state index contributed by atoms with van der Waals surface area (Å²) in [7, 11) is 1.61. The summed E-state index contributed by atoms with van der Waals surface area (Å²) in [4.78, 5) is 0. The summed E-state index contributed by atoms with van der Waals surface area (Å²) in [6.07, 6.45) is 0.543. The Morgan fingerprint density at radius 1 is 1.26 bits per heavy atom. The van der Waals surface area contributed by atoms with E-state index in [0.29, 0.717) is 6.42 Å². The molecule has 1 atom stereocenters. The largest absolute Gasteiger partial charge is 0.497 e. The number of benzene rings is 2. The molecule has 2 rings (SSSR count). The standard InChI is InChI=1S/C15H15ClFNO/c1-19-12-4-2-3-11(9-12)15(18)8-10-5-6-13(16)14(17)7-10/h2-7,9,15H,8,18H2,1H3. The predicted molar refractivity (Wildman–Crippen MR) is 75.0 cm³/mol. The Balaban J connectivity index is 2.15. The molecular formula is C15H15ClFNO. The van der Waals surface area contributed by atoms with E-state index in [2.05, 4.69) is 0 Å². The van der Waals surface area contributed by atoms with Crippen molar-refractivity contribution in [2.45, 2.75) is 12.5 Å². The summed E-state index contributed by atoms with van der Waals surface area (Å²) in [5.74, 6) is 0.340. The minimum atomic E-state index is -0.419. The summed E-state index contributed by atoms with van der Waals surface area (Å²) >= 11 is 5.65. The van der Waals surface area contributed by atoms with Crippen molar-refractivity contribution in [2.75, 3.05) is 7.11 Å². The summed E-state index contributed by atoms with van der Waals surface area (Å²) < 4.78 is 18.5. The number of halogens is 2. The number of hydrogen-bond acceptors (Lipinski definition) is 2. The molecule has 0 aliphatic heterocycles. The van der Waals surface area contributed by atoms with Crippen molar-refractivity contribution < 1.29 is 9.13 Å². The molecule has 0 fully saturated rings. The van der Waals surface area contributed by atoms with Crippen LogP contribution in [0.4, 0.5) is 4.39 Å². The third-order valence-corrected chi connectivity index (χ3v) is 3.27. The molecule has 2 N–H and O–H groups in total. The van der Waals surface area contributed by atoms with Gasteiger partial charge in [0.05, 0.1) is 12.1 Å². The number of ether oxygens (including phenoxy) is 1. The van der Waals surface area contributed by atoms with E-state index in [4.69, 9.17) is 22.1 Å². The van der Waals surface area contributed by atoms with Gasteiger partial charge in [-0.05, 0) is 41.8 Å². The van der Waals surface area contributed by atoms with E-state index in [1.807, 2.05) is 24.3 Å². The summed E-state index contributed by atoms with van der Waals surface area (Å²) in [6.45, 7) is 0. The molecule has 0 aromatic heterocycles. The Hall–Kier alpha value is -1.58. The fraction of sp³-hybridized carbons (Fsp3) is 0.200. The molecule has 0 radical (unpaired) electrons. The van der Waals surface area contributed by atoms with Crippen molar-refractivity contribution in [2.24, 2.45) is 5.73 Å². The predicted octanol–water partition coefficient (Wildman–Crippen LogP) is 3.73. The van der Waals surface area contributed by atoms with Gasteiger partial charge in [0.2, 0.25) is 0 Å². The van der Waals surface area contributed by atoms with E-state index >= 15 is 0 Å². The molecular weight excluding hydrogens is 265 g/mol. The average molecular weight is 280 g/mol. The van der Waals surface area contributed by atoms with Crippen LogP contribution in [0.2, 0.25) is 5.02 Å². The van der Waals surface area contributed by atoms with Crippen molar-refractivity contribution in [3.8, 4) is 5.75 Å². The normalized spacial score (nSPS) is 12.2. The first-order valence-corrected chi connectivity index (χ1v) is 6.31. The van der Waals surface area contributed by atoms with Crippen LogP contribution in [0.25, 0.3) is 0 Å². The van der Waals surface area contributed by atoms with Gasteiger partial charge >= 0.3 is 0 Å². The lowest BCUT2D eigenvalue weighted by Crippen LogP contribution is -2.13. The molecule has 0 amide bonds. The van der Waals surface area contributed by atoms with Crippen molar-refractivity contribution in [3.05, 3.63) is 64.4 Å². The first-order valence-electron chi connectivity index (χ1n) is 5.93. The van der Waals surface area contributed by atoms with Crippen LogP contribution in [0.1, 0.15) is 17.2 Å². The molecule has 1 unspecified atom stereocenters. The first kappa shape index (κ1) is 13.8. The van der Waals surface area contributed by atoms with Gasteiger partial charge in [0, 0.05) is 6.04 Å². The lowest BCUT2D eigenvalue weighted by atomic mass is 9.99. The molecule has 0 aliphatic rings. The fourth-order valence-electron chi connectivity index (χ4n) is 1.91. The van der Waals surface area contributed by atoms with E-state index in [1.165, 1.54) is 6.07 Å². The van der Waals surface area contributed by atoms with Gasteiger partial charge in [0.25, 0.3) is 0 Å². The molecule has 2 aromatic carbocycles. The van der Waals surface area contributed by atoms with E-state index in [-0.39, 0.29) is 11.1 Å². The molecule has 0 saturated heterocycles. The fourth-order valence-corrected chi connectivity index (χ4v) is 2.03. The van der Waals surface area contributed by atoms with Crippen LogP contribution in [0.5, 0.6) is 5.75 Å². The van der Waals surface area contributed by atoms with Crippen LogP contribution in [-0.2, 0) is 6.42 Å². The Kier molecular flexibility index (Phi) is 4.40.